The Morgan fingerprint density at radius 3 is 3.06 bits per heavy atom. The minimum Gasteiger partial charge on any atom is -0.482 e. The summed E-state index contributed by atoms with van der Waals surface area (Å²) in [4.78, 5) is 11.2. The van der Waals surface area contributed by atoms with Crippen LogP contribution in [0.25, 0.3) is 0 Å². The maximum absolute atomic E-state index is 11.2. The highest BCUT2D eigenvalue weighted by molar-refractivity contribution is 6.33. The molecular weight excluding hydrogens is 240 g/mol. The summed E-state index contributed by atoms with van der Waals surface area (Å²) in [5.74, 6) is 1.31. The normalized spacial score (nSPS) is 18.1. The molecule has 1 fully saturated rings. The molecule has 1 aromatic carbocycles. The van der Waals surface area contributed by atoms with Crippen LogP contribution >= 0.6 is 11.6 Å². The zero-order valence-electron chi connectivity index (χ0n) is 9.25. The Morgan fingerprint density at radius 2 is 2.29 bits per heavy atom. The van der Waals surface area contributed by atoms with Crippen LogP contribution in [0.4, 0.5) is 11.4 Å². The highest BCUT2D eigenvalue weighted by atomic mass is 35.5. The lowest BCUT2D eigenvalue weighted by molar-refractivity contribution is -0.118. The van der Waals surface area contributed by atoms with E-state index in [1.54, 1.807) is 6.07 Å². The van der Waals surface area contributed by atoms with E-state index < -0.39 is 0 Å². The molecule has 1 heterocycles. The molecule has 1 aromatic rings. The molecule has 0 aromatic heterocycles. The summed E-state index contributed by atoms with van der Waals surface area (Å²) in [6, 6.07) is 3.57. The van der Waals surface area contributed by atoms with E-state index in [0.717, 1.165) is 18.2 Å². The number of hydrogen-bond acceptors (Lipinski definition) is 3. The first-order chi connectivity index (χ1) is 8.22. The van der Waals surface area contributed by atoms with Crippen molar-refractivity contribution in [2.75, 3.05) is 23.8 Å². The van der Waals surface area contributed by atoms with Gasteiger partial charge in [0, 0.05) is 12.6 Å². The van der Waals surface area contributed by atoms with Crippen LogP contribution in [0.2, 0.25) is 5.02 Å². The van der Waals surface area contributed by atoms with Gasteiger partial charge in [0.15, 0.2) is 6.61 Å². The molecule has 90 valence electrons. The molecule has 0 spiro atoms. The molecule has 0 atom stereocenters. The number of carbonyl (C=O) groups excluding carboxylic acids is 1. The number of ether oxygens (including phenoxy) is 1. The third-order valence-corrected chi connectivity index (χ3v) is 3.29. The number of fused-ring (bicyclic) bond motifs is 1. The third-order valence-electron chi connectivity index (χ3n) is 2.98. The Labute approximate surface area is 104 Å². The van der Waals surface area contributed by atoms with Crippen molar-refractivity contribution in [3.8, 4) is 5.75 Å². The summed E-state index contributed by atoms with van der Waals surface area (Å²) in [6.07, 6.45) is 2.59. The summed E-state index contributed by atoms with van der Waals surface area (Å²) >= 11 is 6.14. The van der Waals surface area contributed by atoms with Crippen LogP contribution in [0, 0.1) is 5.92 Å². The first-order valence-electron chi connectivity index (χ1n) is 5.72. The lowest BCUT2D eigenvalue weighted by atomic mass is 10.2. The topological polar surface area (TPSA) is 50.4 Å². The minimum absolute atomic E-state index is 0.0662. The molecule has 4 nitrogen and oxygen atoms in total. The van der Waals surface area contributed by atoms with Crippen LogP contribution in [0.1, 0.15) is 12.8 Å². The van der Waals surface area contributed by atoms with Crippen molar-refractivity contribution in [3.05, 3.63) is 17.2 Å². The highest BCUT2D eigenvalue weighted by Gasteiger charge is 2.22. The maximum Gasteiger partial charge on any atom is 0.262 e. The molecule has 1 aliphatic carbocycles. The van der Waals surface area contributed by atoms with Gasteiger partial charge in [-0.2, -0.15) is 0 Å². The number of rotatable bonds is 3. The van der Waals surface area contributed by atoms with Crippen molar-refractivity contribution in [2.24, 2.45) is 5.92 Å². The van der Waals surface area contributed by atoms with Crippen molar-refractivity contribution < 1.29 is 9.53 Å². The first kappa shape index (κ1) is 10.7. The Morgan fingerprint density at radius 1 is 1.47 bits per heavy atom. The monoisotopic (exact) mass is 252 g/mol. The van der Waals surface area contributed by atoms with Gasteiger partial charge in [0.1, 0.15) is 5.75 Å². The molecule has 3 rings (SSSR count). The molecule has 0 bridgehead atoms. The number of carbonyl (C=O) groups is 1. The molecule has 0 saturated heterocycles. The van der Waals surface area contributed by atoms with Crippen LogP contribution in [0.3, 0.4) is 0 Å². The predicted octanol–water partition coefficient (Wildman–Crippen LogP) is 2.49. The lowest BCUT2D eigenvalue weighted by Gasteiger charge is -2.20. The number of anilines is 2. The average Bonchev–Trinajstić information content (AvgIpc) is 3.10. The predicted molar refractivity (Wildman–Crippen MR) is 66.8 cm³/mol. The first-order valence-corrected chi connectivity index (χ1v) is 6.10. The quantitative estimate of drug-likeness (QED) is 0.869. The van der Waals surface area contributed by atoms with Crippen LogP contribution in [0.5, 0.6) is 5.75 Å². The van der Waals surface area contributed by atoms with Gasteiger partial charge in [-0.1, -0.05) is 11.6 Å². The summed E-state index contributed by atoms with van der Waals surface area (Å²) in [6.45, 7) is 1.02. The van der Waals surface area contributed by atoms with E-state index in [-0.39, 0.29) is 12.5 Å². The molecule has 1 aliphatic heterocycles. The molecule has 2 aliphatic rings. The van der Waals surface area contributed by atoms with Gasteiger partial charge >= 0.3 is 0 Å². The Balaban J connectivity index is 1.81. The van der Waals surface area contributed by atoms with E-state index in [0.29, 0.717) is 16.5 Å². The fraction of sp³-hybridized carbons (Fsp3) is 0.417. The van der Waals surface area contributed by atoms with Gasteiger partial charge < -0.3 is 15.4 Å². The van der Waals surface area contributed by atoms with Gasteiger partial charge in [-0.3, -0.25) is 4.79 Å². The fourth-order valence-corrected chi connectivity index (χ4v) is 2.04. The molecule has 1 saturated carbocycles. The SMILES string of the molecule is O=C1COc2cc(NCC3CC3)c(Cl)cc2N1. The second-order valence-corrected chi connectivity index (χ2v) is 4.90. The van der Waals surface area contributed by atoms with E-state index in [1.807, 2.05) is 6.07 Å². The van der Waals surface area contributed by atoms with Crippen molar-refractivity contribution in [1.82, 2.24) is 0 Å². The minimum atomic E-state index is -0.146. The molecular formula is C12H13ClN2O2. The summed E-state index contributed by atoms with van der Waals surface area (Å²) < 4.78 is 5.34. The lowest BCUT2D eigenvalue weighted by Crippen LogP contribution is -2.25. The Kier molecular flexibility index (Phi) is 2.59. The smallest absolute Gasteiger partial charge is 0.262 e. The van der Waals surface area contributed by atoms with Crippen molar-refractivity contribution in [2.45, 2.75) is 12.8 Å². The van der Waals surface area contributed by atoms with Crippen LogP contribution < -0.4 is 15.4 Å². The van der Waals surface area contributed by atoms with Crippen LogP contribution in [-0.2, 0) is 4.79 Å². The van der Waals surface area contributed by atoms with Crippen LogP contribution in [-0.4, -0.2) is 19.1 Å². The van der Waals surface area contributed by atoms with E-state index in [4.69, 9.17) is 16.3 Å². The van der Waals surface area contributed by atoms with Gasteiger partial charge in [0.2, 0.25) is 0 Å². The average molecular weight is 253 g/mol. The number of hydrogen-bond donors (Lipinski definition) is 2. The van der Waals surface area contributed by atoms with Gasteiger partial charge in [-0.25, -0.2) is 0 Å². The van der Waals surface area contributed by atoms with Crippen molar-refractivity contribution >= 4 is 28.9 Å². The van der Waals surface area contributed by atoms with Crippen molar-refractivity contribution in [1.29, 1.82) is 0 Å². The zero-order valence-corrected chi connectivity index (χ0v) is 10.0. The zero-order chi connectivity index (χ0) is 11.8. The summed E-state index contributed by atoms with van der Waals surface area (Å²) in [7, 11) is 0. The number of nitrogens with one attached hydrogen (secondary N) is 2. The molecule has 17 heavy (non-hydrogen) atoms. The third kappa shape index (κ3) is 2.31. The highest BCUT2D eigenvalue weighted by Crippen LogP contribution is 2.37. The Bertz CT molecular complexity index is 472. The van der Waals surface area contributed by atoms with Crippen molar-refractivity contribution in [3.63, 3.8) is 0 Å². The fourth-order valence-electron chi connectivity index (χ4n) is 1.81. The standard InChI is InChI=1S/C12H13ClN2O2/c13-8-3-10-11(17-6-12(16)15-10)4-9(8)14-5-7-1-2-7/h3-4,7,14H,1-2,5-6H2,(H,15,16). The second kappa shape index (κ2) is 4.11. The van der Waals surface area contributed by atoms with E-state index >= 15 is 0 Å². The Hall–Kier alpha value is -1.42. The number of benzene rings is 1. The van der Waals surface area contributed by atoms with Gasteiger partial charge in [-0.05, 0) is 24.8 Å². The molecule has 0 unspecified atom stereocenters. The summed E-state index contributed by atoms with van der Waals surface area (Å²) in [5.41, 5.74) is 1.51. The molecule has 5 heteroatoms. The largest absolute Gasteiger partial charge is 0.482 e. The van der Waals surface area contributed by atoms with Gasteiger partial charge in [0.25, 0.3) is 5.91 Å². The maximum atomic E-state index is 11.2. The van der Waals surface area contributed by atoms with Gasteiger partial charge in [-0.15, -0.1) is 0 Å². The molecule has 1 amide bonds. The molecule has 2 N–H and O–H groups in total. The number of amides is 1. The van der Waals surface area contributed by atoms with E-state index in [2.05, 4.69) is 10.6 Å². The number of halogens is 1. The van der Waals surface area contributed by atoms with E-state index in [9.17, 15) is 4.79 Å². The van der Waals surface area contributed by atoms with Gasteiger partial charge in [0.05, 0.1) is 16.4 Å². The van der Waals surface area contributed by atoms with Crippen LogP contribution in [0.15, 0.2) is 12.1 Å². The second-order valence-electron chi connectivity index (χ2n) is 4.49. The van der Waals surface area contributed by atoms with E-state index in [1.165, 1.54) is 12.8 Å². The summed E-state index contributed by atoms with van der Waals surface area (Å²) in [5, 5.41) is 6.65. The molecule has 0 radical (unpaired) electrons.